The molecule has 24 heavy (non-hydrogen) atoms. The van der Waals surface area contributed by atoms with Crippen molar-refractivity contribution in [2.45, 2.75) is 58.5 Å². The predicted molar refractivity (Wildman–Crippen MR) is 90.0 cm³/mol. The van der Waals surface area contributed by atoms with Gasteiger partial charge in [0.2, 0.25) is 0 Å². The van der Waals surface area contributed by atoms with Crippen molar-refractivity contribution in [3.8, 4) is 0 Å². The van der Waals surface area contributed by atoms with Gasteiger partial charge in [0.15, 0.2) is 9.76 Å². The third-order valence-corrected chi connectivity index (χ3v) is 4.83. The summed E-state index contributed by atoms with van der Waals surface area (Å²) < 4.78 is 56.0. The average Bonchev–Trinajstić information content (AvgIpc) is 2.52. The number of ether oxygens (including phenoxy) is 2. The van der Waals surface area contributed by atoms with E-state index in [4.69, 9.17) is 13.9 Å². The molecule has 1 aromatic carbocycles. The molecule has 0 aliphatic carbocycles. The summed E-state index contributed by atoms with van der Waals surface area (Å²) in [5.74, 6) is -2.48. The van der Waals surface area contributed by atoms with E-state index in [1.54, 1.807) is 0 Å². The van der Waals surface area contributed by atoms with Crippen LogP contribution in [0.1, 0.15) is 45.1 Å². The van der Waals surface area contributed by atoms with Gasteiger partial charge in [-0.3, -0.25) is 0 Å². The van der Waals surface area contributed by atoms with E-state index in [2.05, 4.69) is 0 Å². The Kier molecular flexibility index (Phi) is 11.0. The molecule has 3 nitrogen and oxygen atoms in total. The molecule has 1 aromatic rings. The lowest BCUT2D eigenvalue weighted by Gasteiger charge is -2.17. The van der Waals surface area contributed by atoms with Gasteiger partial charge in [-0.2, -0.15) is 0 Å². The van der Waals surface area contributed by atoms with Crippen molar-refractivity contribution in [1.29, 1.82) is 0 Å². The summed E-state index contributed by atoms with van der Waals surface area (Å²) in [6, 6.07) is 2.47. The topological polar surface area (TPSA) is 27.7 Å². The fraction of sp³-hybridized carbons (Fsp3) is 0.647. The highest BCUT2D eigenvalue weighted by Crippen LogP contribution is 2.18. The van der Waals surface area contributed by atoms with Crippen LogP contribution in [0.25, 0.3) is 0 Å². The fourth-order valence-electron chi connectivity index (χ4n) is 2.34. The number of unbranched alkanes of at least 4 members (excludes halogenated alkanes) is 3. The van der Waals surface area contributed by atoms with Crippen molar-refractivity contribution < 1.29 is 27.1 Å². The lowest BCUT2D eigenvalue weighted by atomic mass is 10.1. The maximum Gasteiger partial charge on any atom is 0.261 e. The largest absolute Gasteiger partial charge is 0.379 e. The number of halogens is 3. The van der Waals surface area contributed by atoms with Gasteiger partial charge in [-0.25, -0.2) is 13.2 Å². The molecule has 0 heterocycles. The van der Waals surface area contributed by atoms with Crippen molar-refractivity contribution in [2.24, 2.45) is 0 Å². The van der Waals surface area contributed by atoms with E-state index in [0.29, 0.717) is 26.1 Å². The van der Waals surface area contributed by atoms with Gasteiger partial charge in [-0.1, -0.05) is 19.3 Å². The Bertz CT molecular complexity index is 445. The van der Waals surface area contributed by atoms with E-state index in [0.717, 1.165) is 37.4 Å². The second kappa shape index (κ2) is 12.5. The first kappa shape index (κ1) is 21.2. The molecule has 0 N–H and O–H groups in total. The van der Waals surface area contributed by atoms with Crippen molar-refractivity contribution in [3.63, 3.8) is 0 Å². The minimum atomic E-state index is -0.879. The zero-order valence-corrected chi connectivity index (χ0v) is 15.9. The van der Waals surface area contributed by atoms with Crippen molar-refractivity contribution in [2.75, 3.05) is 13.2 Å². The van der Waals surface area contributed by atoms with Crippen LogP contribution in [0.2, 0.25) is 6.04 Å². The summed E-state index contributed by atoms with van der Waals surface area (Å²) in [7, 11) is -0.691. The van der Waals surface area contributed by atoms with E-state index in [-0.39, 0.29) is 5.56 Å². The van der Waals surface area contributed by atoms with E-state index in [1.165, 1.54) is 0 Å². The molecule has 0 atom stereocenters. The van der Waals surface area contributed by atoms with Gasteiger partial charge in [0, 0.05) is 30.9 Å². The minimum absolute atomic E-state index is 0.0228. The zero-order chi connectivity index (χ0) is 17.8. The molecule has 0 saturated carbocycles. The van der Waals surface area contributed by atoms with Crippen LogP contribution >= 0.6 is 0 Å². The van der Waals surface area contributed by atoms with Crippen LogP contribution in [0.5, 0.6) is 0 Å². The minimum Gasteiger partial charge on any atom is -0.379 e. The van der Waals surface area contributed by atoms with Crippen molar-refractivity contribution in [3.05, 3.63) is 35.1 Å². The van der Waals surface area contributed by atoms with Crippen LogP contribution in [-0.2, 0) is 20.3 Å². The third-order valence-electron chi connectivity index (χ3n) is 3.54. The molecular formula is C17H27F3O3Si. The molecule has 0 aliphatic heterocycles. The van der Waals surface area contributed by atoms with Gasteiger partial charge in [0.1, 0.15) is 17.5 Å². The molecule has 0 amide bonds. The van der Waals surface area contributed by atoms with Gasteiger partial charge in [0.05, 0.1) is 0 Å². The molecule has 0 radical (unpaired) electrons. The molecule has 0 fully saturated rings. The second-order valence-electron chi connectivity index (χ2n) is 5.44. The normalized spacial score (nSPS) is 11.9. The van der Waals surface area contributed by atoms with Crippen LogP contribution in [0, 0.1) is 17.5 Å². The van der Waals surface area contributed by atoms with E-state index < -0.39 is 33.7 Å². The zero-order valence-electron chi connectivity index (χ0n) is 14.5. The number of hydrogen-bond donors (Lipinski definition) is 0. The molecule has 0 aliphatic rings. The van der Waals surface area contributed by atoms with E-state index >= 15 is 0 Å². The highest BCUT2D eigenvalue weighted by Gasteiger charge is 2.11. The smallest absolute Gasteiger partial charge is 0.261 e. The number of benzene rings is 1. The highest BCUT2D eigenvalue weighted by atomic mass is 28.2. The Morgan fingerprint density at radius 3 is 2.08 bits per heavy atom. The summed E-state index contributed by atoms with van der Waals surface area (Å²) in [4.78, 5) is 0. The third kappa shape index (κ3) is 8.28. The first-order valence-corrected chi connectivity index (χ1v) is 10.1. The van der Waals surface area contributed by atoms with E-state index in [9.17, 15) is 13.2 Å². The Balaban J connectivity index is 2.10. The van der Waals surface area contributed by atoms with Gasteiger partial charge < -0.3 is 13.9 Å². The molecule has 0 spiro atoms. The highest BCUT2D eigenvalue weighted by molar-refractivity contribution is 6.27. The SMILES string of the molecule is CCOC(OCC)O[SiH2]CCCCCCc1c(F)cc(F)cc1F. The Labute approximate surface area is 144 Å². The lowest BCUT2D eigenvalue weighted by molar-refractivity contribution is -0.243. The molecule has 0 bridgehead atoms. The number of rotatable bonds is 13. The monoisotopic (exact) mass is 364 g/mol. The quantitative estimate of drug-likeness (QED) is 0.300. The van der Waals surface area contributed by atoms with Crippen molar-refractivity contribution >= 4 is 9.76 Å². The fourth-order valence-corrected chi connectivity index (χ4v) is 3.45. The first-order valence-electron chi connectivity index (χ1n) is 8.56. The maximum atomic E-state index is 13.5. The Morgan fingerprint density at radius 1 is 0.917 bits per heavy atom. The average molecular weight is 364 g/mol. The summed E-state index contributed by atoms with van der Waals surface area (Å²) in [6.07, 6.45) is 3.86. The molecule has 1 rings (SSSR count). The van der Waals surface area contributed by atoms with Crippen LogP contribution in [-0.4, -0.2) is 29.5 Å². The summed E-state index contributed by atoms with van der Waals surface area (Å²) in [6.45, 7) is 4.34. The summed E-state index contributed by atoms with van der Waals surface area (Å²) >= 11 is 0. The molecule has 0 unspecified atom stereocenters. The number of hydrogen-bond acceptors (Lipinski definition) is 3. The van der Waals surface area contributed by atoms with Gasteiger partial charge in [0.25, 0.3) is 6.48 Å². The van der Waals surface area contributed by atoms with Gasteiger partial charge in [-0.15, -0.1) is 0 Å². The van der Waals surface area contributed by atoms with Gasteiger partial charge in [-0.05, 0) is 32.7 Å². The molecule has 7 heteroatoms. The molecule has 0 aromatic heterocycles. The van der Waals surface area contributed by atoms with Crippen LogP contribution in [0.15, 0.2) is 12.1 Å². The first-order chi connectivity index (χ1) is 11.6. The molecule has 0 saturated heterocycles. The summed E-state index contributed by atoms with van der Waals surface area (Å²) in [5, 5.41) is 0. The van der Waals surface area contributed by atoms with E-state index in [1.807, 2.05) is 13.8 Å². The Hall–Kier alpha value is -0.893. The maximum absolute atomic E-state index is 13.5. The predicted octanol–water partition coefficient (Wildman–Crippen LogP) is 4.08. The Morgan fingerprint density at radius 2 is 1.50 bits per heavy atom. The standard InChI is InChI=1S/C17H27F3O3Si/c1-3-21-17(22-4-2)23-24-10-8-6-5-7-9-14-15(19)11-13(18)12-16(14)20/h11-12,17H,3-10,24H2,1-2H3. The van der Waals surface area contributed by atoms with Crippen LogP contribution in [0.4, 0.5) is 13.2 Å². The van der Waals surface area contributed by atoms with Crippen molar-refractivity contribution in [1.82, 2.24) is 0 Å². The molecular weight excluding hydrogens is 337 g/mol. The summed E-state index contributed by atoms with van der Waals surface area (Å²) in [5.41, 5.74) is -0.0228. The second-order valence-corrected chi connectivity index (χ2v) is 6.88. The van der Waals surface area contributed by atoms with Crippen LogP contribution in [0.3, 0.4) is 0 Å². The van der Waals surface area contributed by atoms with Gasteiger partial charge >= 0.3 is 0 Å². The molecule has 138 valence electrons. The van der Waals surface area contributed by atoms with Crippen LogP contribution < -0.4 is 0 Å². The lowest BCUT2D eigenvalue weighted by Crippen LogP contribution is -2.22.